The van der Waals surface area contributed by atoms with Gasteiger partial charge in [-0.15, -0.1) is 0 Å². The van der Waals surface area contributed by atoms with Gasteiger partial charge in [-0.2, -0.15) is 0 Å². The standard InChI is InChI=1S/C10H11FO2/c1-7(10-6-12-10)13-9-4-2-8(11)3-5-9/h2-5,7,10H,6H2,1H3/t7-,10+/m0/s1. The van der Waals surface area contributed by atoms with Crippen LogP contribution < -0.4 is 4.74 Å². The fourth-order valence-corrected chi connectivity index (χ4v) is 1.13. The van der Waals surface area contributed by atoms with Crippen LogP contribution in [0.4, 0.5) is 4.39 Å². The van der Waals surface area contributed by atoms with Gasteiger partial charge in [0.15, 0.2) is 0 Å². The summed E-state index contributed by atoms with van der Waals surface area (Å²) in [5, 5.41) is 0. The van der Waals surface area contributed by atoms with E-state index in [0.29, 0.717) is 5.75 Å². The lowest BCUT2D eigenvalue weighted by atomic mass is 10.3. The lowest BCUT2D eigenvalue weighted by Gasteiger charge is -2.11. The number of rotatable bonds is 3. The third-order valence-corrected chi connectivity index (χ3v) is 2.02. The molecule has 2 nitrogen and oxygen atoms in total. The van der Waals surface area contributed by atoms with Gasteiger partial charge in [0.2, 0.25) is 0 Å². The Kier molecular flexibility index (Phi) is 2.19. The zero-order valence-corrected chi connectivity index (χ0v) is 7.37. The molecule has 1 heterocycles. The second-order valence-electron chi connectivity index (χ2n) is 3.15. The Hall–Kier alpha value is -1.09. The number of ether oxygens (including phenoxy) is 2. The zero-order chi connectivity index (χ0) is 9.26. The molecule has 0 aromatic heterocycles. The van der Waals surface area contributed by atoms with Crippen molar-refractivity contribution in [2.75, 3.05) is 6.61 Å². The summed E-state index contributed by atoms with van der Waals surface area (Å²) in [5.41, 5.74) is 0. The molecule has 70 valence electrons. The summed E-state index contributed by atoms with van der Waals surface area (Å²) >= 11 is 0. The van der Waals surface area contributed by atoms with Gasteiger partial charge >= 0.3 is 0 Å². The molecule has 1 fully saturated rings. The highest BCUT2D eigenvalue weighted by atomic mass is 19.1. The van der Waals surface area contributed by atoms with E-state index in [1.165, 1.54) is 12.1 Å². The minimum absolute atomic E-state index is 0.0467. The summed E-state index contributed by atoms with van der Waals surface area (Å²) in [5.74, 6) is 0.437. The van der Waals surface area contributed by atoms with E-state index >= 15 is 0 Å². The van der Waals surface area contributed by atoms with Gasteiger partial charge in [0.25, 0.3) is 0 Å². The molecule has 0 aliphatic carbocycles. The summed E-state index contributed by atoms with van der Waals surface area (Å²) < 4.78 is 23.1. The molecular weight excluding hydrogens is 171 g/mol. The fraction of sp³-hybridized carbons (Fsp3) is 0.400. The van der Waals surface area contributed by atoms with Crippen LogP contribution in [0.3, 0.4) is 0 Å². The highest BCUT2D eigenvalue weighted by Crippen LogP contribution is 2.20. The summed E-state index contributed by atoms with van der Waals surface area (Å²) in [6, 6.07) is 6.01. The average molecular weight is 182 g/mol. The average Bonchev–Trinajstić information content (AvgIpc) is 2.91. The lowest BCUT2D eigenvalue weighted by Crippen LogP contribution is -2.18. The maximum Gasteiger partial charge on any atom is 0.124 e. The molecule has 1 aromatic carbocycles. The van der Waals surface area contributed by atoms with Crippen molar-refractivity contribution in [3.8, 4) is 5.75 Å². The minimum atomic E-state index is -0.248. The number of halogens is 1. The third-order valence-electron chi connectivity index (χ3n) is 2.02. The summed E-state index contributed by atoms with van der Waals surface area (Å²) in [6.45, 7) is 2.71. The highest BCUT2D eigenvalue weighted by Gasteiger charge is 2.30. The van der Waals surface area contributed by atoms with Crippen LogP contribution in [0.1, 0.15) is 6.92 Å². The Morgan fingerprint density at radius 1 is 1.46 bits per heavy atom. The van der Waals surface area contributed by atoms with Gasteiger partial charge < -0.3 is 9.47 Å². The maximum atomic E-state index is 12.5. The molecular formula is C10H11FO2. The van der Waals surface area contributed by atoms with E-state index < -0.39 is 0 Å². The van der Waals surface area contributed by atoms with Crippen molar-refractivity contribution in [1.82, 2.24) is 0 Å². The van der Waals surface area contributed by atoms with Crippen LogP contribution in [0.25, 0.3) is 0 Å². The van der Waals surface area contributed by atoms with Gasteiger partial charge in [0, 0.05) is 0 Å². The first-order chi connectivity index (χ1) is 6.25. The van der Waals surface area contributed by atoms with Crippen LogP contribution >= 0.6 is 0 Å². The first kappa shape index (κ1) is 8.51. The molecule has 0 radical (unpaired) electrons. The molecule has 1 aliphatic heterocycles. The van der Waals surface area contributed by atoms with E-state index in [9.17, 15) is 4.39 Å². The van der Waals surface area contributed by atoms with Crippen molar-refractivity contribution in [2.45, 2.75) is 19.1 Å². The largest absolute Gasteiger partial charge is 0.488 e. The van der Waals surface area contributed by atoms with E-state index in [1.807, 2.05) is 6.92 Å². The first-order valence-corrected chi connectivity index (χ1v) is 4.29. The number of hydrogen-bond acceptors (Lipinski definition) is 2. The Morgan fingerprint density at radius 2 is 2.08 bits per heavy atom. The molecule has 0 amide bonds. The normalized spacial score (nSPS) is 22.5. The molecule has 2 atom stereocenters. The zero-order valence-electron chi connectivity index (χ0n) is 7.37. The van der Waals surface area contributed by atoms with Crippen LogP contribution in [0.5, 0.6) is 5.75 Å². The van der Waals surface area contributed by atoms with E-state index in [2.05, 4.69) is 0 Å². The molecule has 0 unspecified atom stereocenters. The van der Waals surface area contributed by atoms with Crippen LogP contribution in [-0.2, 0) is 4.74 Å². The van der Waals surface area contributed by atoms with Gasteiger partial charge in [-0.3, -0.25) is 0 Å². The van der Waals surface area contributed by atoms with Crippen LogP contribution in [-0.4, -0.2) is 18.8 Å². The molecule has 1 aromatic rings. The summed E-state index contributed by atoms with van der Waals surface area (Å²) in [6.07, 6.45) is 0.260. The molecule has 1 saturated heterocycles. The third kappa shape index (κ3) is 2.18. The Morgan fingerprint density at radius 3 is 2.62 bits per heavy atom. The molecule has 1 aliphatic rings. The van der Waals surface area contributed by atoms with Gasteiger partial charge in [0.05, 0.1) is 6.61 Å². The van der Waals surface area contributed by atoms with Crippen LogP contribution in [0.2, 0.25) is 0 Å². The van der Waals surface area contributed by atoms with Crippen molar-refractivity contribution >= 4 is 0 Å². The predicted octanol–water partition coefficient (Wildman–Crippen LogP) is 1.99. The van der Waals surface area contributed by atoms with E-state index in [4.69, 9.17) is 9.47 Å². The smallest absolute Gasteiger partial charge is 0.124 e. The number of hydrogen-bond donors (Lipinski definition) is 0. The van der Waals surface area contributed by atoms with Crippen molar-refractivity contribution in [2.24, 2.45) is 0 Å². The van der Waals surface area contributed by atoms with Crippen LogP contribution in [0, 0.1) is 5.82 Å². The quantitative estimate of drug-likeness (QED) is 0.667. The van der Waals surface area contributed by atoms with Gasteiger partial charge in [0.1, 0.15) is 23.8 Å². The van der Waals surface area contributed by atoms with Gasteiger partial charge in [-0.1, -0.05) is 0 Å². The molecule has 0 bridgehead atoms. The summed E-state index contributed by atoms with van der Waals surface area (Å²) in [7, 11) is 0. The second-order valence-corrected chi connectivity index (χ2v) is 3.15. The molecule has 13 heavy (non-hydrogen) atoms. The Balaban J connectivity index is 1.96. The number of epoxide rings is 1. The highest BCUT2D eigenvalue weighted by molar-refractivity contribution is 5.22. The lowest BCUT2D eigenvalue weighted by molar-refractivity contribution is 0.176. The maximum absolute atomic E-state index is 12.5. The fourth-order valence-electron chi connectivity index (χ4n) is 1.13. The molecule has 0 spiro atoms. The van der Waals surface area contributed by atoms with Crippen molar-refractivity contribution < 1.29 is 13.9 Å². The SMILES string of the molecule is C[C@H](Oc1ccc(F)cc1)[C@H]1CO1. The molecule has 2 rings (SSSR count). The van der Waals surface area contributed by atoms with Crippen molar-refractivity contribution in [3.63, 3.8) is 0 Å². The monoisotopic (exact) mass is 182 g/mol. The van der Waals surface area contributed by atoms with E-state index in [1.54, 1.807) is 12.1 Å². The molecule has 3 heteroatoms. The second kappa shape index (κ2) is 3.34. The van der Waals surface area contributed by atoms with Crippen LogP contribution in [0.15, 0.2) is 24.3 Å². The van der Waals surface area contributed by atoms with Gasteiger partial charge in [-0.25, -0.2) is 4.39 Å². The van der Waals surface area contributed by atoms with Crippen molar-refractivity contribution in [1.29, 1.82) is 0 Å². The van der Waals surface area contributed by atoms with E-state index in [-0.39, 0.29) is 18.0 Å². The number of benzene rings is 1. The predicted molar refractivity (Wildman–Crippen MR) is 46.2 cm³/mol. The minimum Gasteiger partial charge on any atom is -0.488 e. The van der Waals surface area contributed by atoms with Crippen molar-refractivity contribution in [3.05, 3.63) is 30.1 Å². The van der Waals surface area contributed by atoms with Gasteiger partial charge in [-0.05, 0) is 31.2 Å². The Bertz CT molecular complexity index is 279. The molecule has 0 saturated carbocycles. The Labute approximate surface area is 76.3 Å². The first-order valence-electron chi connectivity index (χ1n) is 4.29. The topological polar surface area (TPSA) is 21.8 Å². The molecule has 0 N–H and O–H groups in total. The van der Waals surface area contributed by atoms with E-state index in [0.717, 1.165) is 6.61 Å². The summed E-state index contributed by atoms with van der Waals surface area (Å²) in [4.78, 5) is 0.